The third-order valence-corrected chi connectivity index (χ3v) is 7.60. The van der Waals surface area contributed by atoms with Gasteiger partial charge < -0.3 is 9.80 Å². The average molecular weight is 446 g/mol. The lowest BCUT2D eigenvalue weighted by Crippen LogP contribution is -2.42. The summed E-state index contributed by atoms with van der Waals surface area (Å²) in [6.07, 6.45) is 0.891. The maximum Gasteiger partial charge on any atom is 0.255 e. The molecule has 2 aromatic rings. The third kappa shape index (κ3) is 6.09. The van der Waals surface area contributed by atoms with Crippen LogP contribution in [0.4, 0.5) is 0 Å². The smallest absolute Gasteiger partial charge is 0.255 e. The summed E-state index contributed by atoms with van der Waals surface area (Å²) < 4.78 is 0. The number of likely N-dealkylation sites (N-methyl/N-ethyl adjacent to an activating group) is 1. The van der Waals surface area contributed by atoms with Crippen molar-refractivity contribution in [1.29, 1.82) is 0 Å². The molecular formula is C23H31N3O2S2. The van der Waals surface area contributed by atoms with E-state index in [-0.39, 0.29) is 11.8 Å². The van der Waals surface area contributed by atoms with Crippen molar-refractivity contribution in [3.8, 4) is 0 Å². The van der Waals surface area contributed by atoms with Crippen LogP contribution in [0.25, 0.3) is 0 Å². The average Bonchev–Trinajstić information content (AvgIpc) is 3.18. The molecule has 5 nitrogen and oxygen atoms in total. The zero-order chi connectivity index (χ0) is 21.3. The first kappa shape index (κ1) is 22.8. The lowest BCUT2D eigenvalue weighted by atomic mass is 10.2. The predicted octanol–water partition coefficient (Wildman–Crippen LogP) is 4.06. The van der Waals surface area contributed by atoms with E-state index in [4.69, 9.17) is 0 Å². The Morgan fingerprint density at radius 2 is 1.83 bits per heavy atom. The van der Waals surface area contributed by atoms with Crippen LogP contribution in [0.1, 0.15) is 35.5 Å². The van der Waals surface area contributed by atoms with E-state index in [1.807, 2.05) is 47.9 Å². The van der Waals surface area contributed by atoms with Gasteiger partial charge in [0.15, 0.2) is 0 Å². The Kier molecular flexibility index (Phi) is 8.78. The summed E-state index contributed by atoms with van der Waals surface area (Å²) in [5, 5.41) is 2.08. The van der Waals surface area contributed by atoms with Crippen LogP contribution in [0, 0.1) is 0 Å². The Morgan fingerprint density at radius 1 is 1.03 bits per heavy atom. The summed E-state index contributed by atoms with van der Waals surface area (Å²) in [6.45, 7) is 8.94. The van der Waals surface area contributed by atoms with E-state index in [1.54, 1.807) is 23.1 Å². The molecule has 0 unspecified atom stereocenters. The van der Waals surface area contributed by atoms with Crippen molar-refractivity contribution >= 4 is 34.9 Å². The maximum atomic E-state index is 13.3. The van der Waals surface area contributed by atoms with Gasteiger partial charge in [0, 0.05) is 54.8 Å². The highest BCUT2D eigenvalue weighted by Crippen LogP contribution is 2.29. The molecule has 2 heterocycles. The van der Waals surface area contributed by atoms with Crippen LogP contribution in [-0.2, 0) is 10.5 Å². The Bertz CT molecular complexity index is 822. The van der Waals surface area contributed by atoms with Crippen LogP contribution in [0.3, 0.4) is 0 Å². The largest absolute Gasteiger partial charge is 0.342 e. The molecule has 0 radical (unpaired) electrons. The molecule has 1 fully saturated rings. The topological polar surface area (TPSA) is 43.9 Å². The first-order chi connectivity index (χ1) is 14.6. The lowest BCUT2D eigenvalue weighted by molar-refractivity contribution is -0.132. The number of carbonyl (C=O) groups is 2. The molecule has 1 aromatic carbocycles. The van der Waals surface area contributed by atoms with Crippen molar-refractivity contribution in [2.75, 3.05) is 45.8 Å². The van der Waals surface area contributed by atoms with Crippen LogP contribution >= 0.6 is 23.1 Å². The molecule has 0 saturated carbocycles. The molecule has 1 saturated heterocycles. The summed E-state index contributed by atoms with van der Waals surface area (Å²) in [4.78, 5) is 34.1. The summed E-state index contributed by atoms with van der Waals surface area (Å²) in [7, 11) is 0. The van der Waals surface area contributed by atoms with E-state index in [1.165, 1.54) is 4.88 Å². The quantitative estimate of drug-likeness (QED) is 0.575. The molecule has 2 amide bonds. The van der Waals surface area contributed by atoms with E-state index in [9.17, 15) is 9.59 Å². The first-order valence-electron chi connectivity index (χ1n) is 10.7. The van der Waals surface area contributed by atoms with Crippen molar-refractivity contribution in [2.45, 2.75) is 30.9 Å². The second kappa shape index (κ2) is 11.5. The molecule has 0 N–H and O–H groups in total. The fourth-order valence-electron chi connectivity index (χ4n) is 3.68. The van der Waals surface area contributed by atoms with Gasteiger partial charge in [-0.15, -0.1) is 23.1 Å². The Morgan fingerprint density at radius 3 is 2.57 bits per heavy atom. The molecule has 1 aliphatic rings. The third-order valence-electron chi connectivity index (χ3n) is 5.42. The number of amides is 2. The molecule has 7 heteroatoms. The fraction of sp³-hybridized carbons (Fsp3) is 0.478. The van der Waals surface area contributed by atoms with Crippen LogP contribution in [0.2, 0.25) is 0 Å². The molecule has 3 rings (SSSR count). The van der Waals surface area contributed by atoms with Gasteiger partial charge in [-0.25, -0.2) is 0 Å². The number of hydrogen-bond acceptors (Lipinski definition) is 5. The zero-order valence-corrected chi connectivity index (χ0v) is 19.5. The van der Waals surface area contributed by atoms with E-state index in [2.05, 4.69) is 22.4 Å². The number of nitrogens with zero attached hydrogens (tertiary/aromatic N) is 3. The first-order valence-corrected chi connectivity index (χ1v) is 12.5. The minimum atomic E-state index is 0.0983. The highest BCUT2D eigenvalue weighted by atomic mass is 32.2. The minimum Gasteiger partial charge on any atom is -0.342 e. The number of rotatable bonds is 8. The second-order valence-electron chi connectivity index (χ2n) is 7.35. The molecular weight excluding hydrogens is 414 g/mol. The lowest BCUT2D eigenvalue weighted by Gasteiger charge is -2.25. The number of thioether (sulfide) groups is 1. The normalized spacial score (nSPS) is 15.1. The van der Waals surface area contributed by atoms with Crippen molar-refractivity contribution in [3.63, 3.8) is 0 Å². The van der Waals surface area contributed by atoms with Crippen LogP contribution < -0.4 is 0 Å². The van der Waals surface area contributed by atoms with Crippen LogP contribution in [-0.4, -0.2) is 72.3 Å². The van der Waals surface area contributed by atoms with Crippen molar-refractivity contribution in [2.24, 2.45) is 0 Å². The van der Waals surface area contributed by atoms with Gasteiger partial charge in [0.25, 0.3) is 5.91 Å². The molecule has 0 atom stereocenters. The summed E-state index contributed by atoms with van der Waals surface area (Å²) in [5.41, 5.74) is 0.784. The van der Waals surface area contributed by atoms with E-state index < -0.39 is 0 Å². The molecule has 1 aromatic heterocycles. The number of thiophene rings is 1. The Balaban J connectivity index is 1.60. The van der Waals surface area contributed by atoms with Gasteiger partial charge in [0.2, 0.25) is 5.91 Å². The van der Waals surface area contributed by atoms with E-state index >= 15 is 0 Å². The Labute approximate surface area is 188 Å². The number of carbonyl (C=O) groups excluding carboxylic acids is 2. The molecule has 0 aliphatic carbocycles. The van der Waals surface area contributed by atoms with Crippen molar-refractivity contribution in [3.05, 3.63) is 52.2 Å². The van der Waals surface area contributed by atoms with Gasteiger partial charge in [0.1, 0.15) is 0 Å². The highest BCUT2D eigenvalue weighted by Gasteiger charge is 2.24. The molecule has 1 aliphatic heterocycles. The van der Waals surface area contributed by atoms with Gasteiger partial charge in [-0.05, 0) is 43.8 Å². The maximum absolute atomic E-state index is 13.3. The van der Waals surface area contributed by atoms with Crippen LogP contribution in [0.5, 0.6) is 0 Å². The summed E-state index contributed by atoms with van der Waals surface area (Å²) in [5.74, 6) is 1.15. The van der Waals surface area contributed by atoms with Gasteiger partial charge in [-0.1, -0.05) is 18.2 Å². The van der Waals surface area contributed by atoms with Crippen LogP contribution in [0.15, 0.2) is 46.7 Å². The number of benzene rings is 1. The molecule has 30 heavy (non-hydrogen) atoms. The molecule has 0 bridgehead atoms. The molecule has 0 spiro atoms. The standard InChI is InChI=1S/C23H31N3O2S2/c1-3-25(4-2)22(27)17-24-12-8-13-26(15-14-24)23(28)20-10-5-6-11-21(20)30-18-19-9-7-16-29-19/h5-7,9-11,16H,3-4,8,12-15,17-18H2,1-2H3. The van der Waals surface area contributed by atoms with E-state index in [0.717, 1.165) is 55.4 Å². The van der Waals surface area contributed by atoms with Crippen molar-refractivity contribution < 1.29 is 9.59 Å². The predicted molar refractivity (Wildman–Crippen MR) is 125 cm³/mol. The minimum absolute atomic E-state index is 0.0983. The SMILES string of the molecule is CCN(CC)C(=O)CN1CCCN(C(=O)c2ccccc2SCc2cccs2)CC1. The molecule has 162 valence electrons. The zero-order valence-electron chi connectivity index (χ0n) is 17.9. The van der Waals surface area contributed by atoms with Gasteiger partial charge >= 0.3 is 0 Å². The van der Waals surface area contributed by atoms with Gasteiger partial charge in [0.05, 0.1) is 12.1 Å². The Hall–Kier alpha value is -1.83. The summed E-state index contributed by atoms with van der Waals surface area (Å²) in [6, 6.07) is 12.1. The highest BCUT2D eigenvalue weighted by molar-refractivity contribution is 7.98. The van der Waals surface area contributed by atoms with Gasteiger partial charge in [-0.3, -0.25) is 14.5 Å². The summed E-state index contributed by atoms with van der Waals surface area (Å²) >= 11 is 3.47. The monoisotopic (exact) mass is 445 g/mol. The second-order valence-corrected chi connectivity index (χ2v) is 9.40. The fourth-order valence-corrected chi connectivity index (χ4v) is 5.50. The van der Waals surface area contributed by atoms with Gasteiger partial charge in [-0.2, -0.15) is 0 Å². The number of hydrogen-bond donors (Lipinski definition) is 0. The van der Waals surface area contributed by atoms with E-state index in [0.29, 0.717) is 13.1 Å². The van der Waals surface area contributed by atoms with Crippen molar-refractivity contribution in [1.82, 2.24) is 14.7 Å².